The summed E-state index contributed by atoms with van der Waals surface area (Å²) in [6.45, 7) is 3.26. The number of anilines is 1. The minimum absolute atomic E-state index is 0.627. The Morgan fingerprint density at radius 1 is 1.28 bits per heavy atom. The quantitative estimate of drug-likeness (QED) is 0.767. The van der Waals surface area contributed by atoms with E-state index in [4.69, 9.17) is 11.6 Å². The van der Waals surface area contributed by atoms with Crippen LogP contribution in [0.5, 0.6) is 0 Å². The van der Waals surface area contributed by atoms with Crippen LogP contribution in [0, 0.1) is 5.92 Å². The average Bonchev–Trinajstić information content (AvgIpc) is 2.82. The molecule has 2 aliphatic rings. The van der Waals surface area contributed by atoms with Crippen molar-refractivity contribution in [2.24, 2.45) is 5.92 Å². The number of halogens is 1. The van der Waals surface area contributed by atoms with Crippen molar-refractivity contribution in [1.29, 1.82) is 0 Å². The summed E-state index contributed by atoms with van der Waals surface area (Å²) in [4.78, 5) is 11.1. The molecule has 0 bridgehead atoms. The third-order valence-electron chi connectivity index (χ3n) is 4.51. The highest BCUT2D eigenvalue weighted by molar-refractivity contribution is 6.30. The van der Waals surface area contributed by atoms with Crippen LogP contribution in [0.2, 0.25) is 5.15 Å². The molecule has 3 nitrogen and oxygen atoms in total. The second-order valence-corrected chi connectivity index (χ2v) is 5.77. The average molecular weight is 266 g/mol. The summed E-state index contributed by atoms with van der Waals surface area (Å²) in [5.41, 5.74) is 1.12. The third kappa shape index (κ3) is 1.99. The van der Waals surface area contributed by atoms with Crippen molar-refractivity contribution < 1.29 is 0 Å². The highest BCUT2D eigenvalue weighted by Crippen LogP contribution is 2.39. The summed E-state index contributed by atoms with van der Waals surface area (Å²) in [7, 11) is 0. The zero-order valence-electron chi connectivity index (χ0n) is 10.9. The van der Waals surface area contributed by atoms with E-state index in [1.807, 2.05) is 0 Å². The molecular weight excluding hydrogens is 246 g/mol. The van der Waals surface area contributed by atoms with Gasteiger partial charge in [-0.15, -0.1) is 0 Å². The lowest BCUT2D eigenvalue weighted by atomic mass is 9.85. The zero-order chi connectivity index (χ0) is 12.5. The van der Waals surface area contributed by atoms with Crippen LogP contribution >= 0.6 is 11.6 Å². The van der Waals surface area contributed by atoms with E-state index >= 15 is 0 Å². The second-order valence-electron chi connectivity index (χ2n) is 5.41. The van der Waals surface area contributed by atoms with Gasteiger partial charge in [0.05, 0.1) is 0 Å². The third-order valence-corrected chi connectivity index (χ3v) is 4.83. The maximum Gasteiger partial charge on any atom is 0.137 e. The Kier molecular flexibility index (Phi) is 3.42. The molecule has 2 unspecified atom stereocenters. The fourth-order valence-corrected chi connectivity index (χ4v) is 3.86. The maximum absolute atomic E-state index is 6.21. The molecular formula is C14H20ClN3. The topological polar surface area (TPSA) is 29.0 Å². The monoisotopic (exact) mass is 265 g/mol. The van der Waals surface area contributed by atoms with Crippen molar-refractivity contribution in [3.63, 3.8) is 0 Å². The normalized spacial score (nSPS) is 27.3. The molecule has 1 aliphatic heterocycles. The Morgan fingerprint density at radius 2 is 2.11 bits per heavy atom. The molecule has 2 heterocycles. The molecule has 3 rings (SSSR count). The molecule has 4 heteroatoms. The molecule has 0 aromatic carbocycles. The predicted molar refractivity (Wildman–Crippen MR) is 74.1 cm³/mol. The maximum atomic E-state index is 6.21. The van der Waals surface area contributed by atoms with Gasteiger partial charge in [0.15, 0.2) is 0 Å². The fraction of sp³-hybridized carbons (Fsp3) is 0.714. The van der Waals surface area contributed by atoms with Crippen LogP contribution < -0.4 is 4.90 Å². The molecule has 1 saturated carbocycles. The summed E-state index contributed by atoms with van der Waals surface area (Å²) in [6, 6.07) is 0.690. The summed E-state index contributed by atoms with van der Waals surface area (Å²) in [6.07, 6.45) is 9.29. The summed E-state index contributed by atoms with van der Waals surface area (Å²) in [5.74, 6) is 1.96. The van der Waals surface area contributed by atoms with Crippen LogP contribution in [0.1, 0.15) is 44.6 Å². The highest BCUT2D eigenvalue weighted by atomic mass is 35.5. The molecule has 2 atom stereocenters. The molecule has 1 saturated heterocycles. The number of nitrogens with zero attached hydrogens (tertiary/aromatic N) is 3. The molecule has 1 aromatic heterocycles. The van der Waals surface area contributed by atoms with Gasteiger partial charge in [0.2, 0.25) is 0 Å². The fourth-order valence-electron chi connectivity index (χ4n) is 3.60. The molecule has 98 valence electrons. The number of rotatable bonds is 2. The lowest BCUT2D eigenvalue weighted by Crippen LogP contribution is -2.36. The molecule has 1 aliphatic carbocycles. The van der Waals surface area contributed by atoms with Gasteiger partial charge in [-0.05, 0) is 31.6 Å². The van der Waals surface area contributed by atoms with E-state index in [1.54, 1.807) is 6.33 Å². The zero-order valence-corrected chi connectivity index (χ0v) is 11.7. The van der Waals surface area contributed by atoms with Crippen LogP contribution in [0.25, 0.3) is 0 Å². The van der Waals surface area contributed by atoms with E-state index in [0.29, 0.717) is 11.2 Å². The first kappa shape index (κ1) is 12.2. The van der Waals surface area contributed by atoms with Gasteiger partial charge in [-0.1, -0.05) is 31.4 Å². The smallest absolute Gasteiger partial charge is 0.137 e. The Bertz CT molecular complexity index is 435. The van der Waals surface area contributed by atoms with Crippen LogP contribution in [-0.4, -0.2) is 22.6 Å². The molecule has 1 aromatic rings. The number of aromatic nitrogens is 2. The molecule has 0 amide bonds. The molecule has 0 N–H and O–H groups in total. The van der Waals surface area contributed by atoms with Crippen LogP contribution in [-0.2, 0) is 6.42 Å². The van der Waals surface area contributed by atoms with Crippen LogP contribution in [0.3, 0.4) is 0 Å². The second kappa shape index (κ2) is 5.04. The van der Waals surface area contributed by atoms with Crippen molar-refractivity contribution in [3.8, 4) is 0 Å². The minimum Gasteiger partial charge on any atom is -0.353 e. The van der Waals surface area contributed by atoms with E-state index in [-0.39, 0.29) is 0 Å². The Balaban J connectivity index is 1.93. The van der Waals surface area contributed by atoms with E-state index in [0.717, 1.165) is 30.3 Å². The van der Waals surface area contributed by atoms with Gasteiger partial charge in [0, 0.05) is 18.2 Å². The van der Waals surface area contributed by atoms with Crippen molar-refractivity contribution in [1.82, 2.24) is 9.97 Å². The van der Waals surface area contributed by atoms with E-state index < -0.39 is 0 Å². The lowest BCUT2D eigenvalue weighted by molar-refractivity contribution is 0.341. The van der Waals surface area contributed by atoms with Gasteiger partial charge >= 0.3 is 0 Å². The largest absolute Gasteiger partial charge is 0.353 e. The standard InChI is InChI=1S/C14H20ClN3/c1-2-11-13(15)16-9-17-14(11)18-8-7-10-5-3-4-6-12(10)18/h9-10,12H,2-8H2,1H3. The first-order chi connectivity index (χ1) is 8.81. The first-order valence-corrected chi connectivity index (χ1v) is 7.45. The number of hydrogen-bond acceptors (Lipinski definition) is 3. The number of hydrogen-bond donors (Lipinski definition) is 0. The Hall–Kier alpha value is -0.830. The van der Waals surface area contributed by atoms with Gasteiger partial charge < -0.3 is 4.90 Å². The van der Waals surface area contributed by atoms with Crippen molar-refractivity contribution >= 4 is 17.4 Å². The summed E-state index contributed by atoms with van der Waals surface area (Å²) < 4.78 is 0. The SMILES string of the molecule is CCc1c(Cl)ncnc1N1CCC2CCCCC21. The molecule has 2 fully saturated rings. The van der Waals surface area contributed by atoms with Gasteiger partial charge in [-0.3, -0.25) is 0 Å². The van der Waals surface area contributed by atoms with E-state index in [2.05, 4.69) is 21.8 Å². The van der Waals surface area contributed by atoms with Gasteiger partial charge in [0.1, 0.15) is 17.3 Å². The van der Waals surface area contributed by atoms with Crippen molar-refractivity contribution in [3.05, 3.63) is 17.0 Å². The van der Waals surface area contributed by atoms with Crippen molar-refractivity contribution in [2.45, 2.75) is 51.5 Å². The molecule has 0 spiro atoms. The van der Waals surface area contributed by atoms with E-state index in [9.17, 15) is 0 Å². The van der Waals surface area contributed by atoms with Crippen LogP contribution in [0.4, 0.5) is 5.82 Å². The van der Waals surface area contributed by atoms with E-state index in [1.165, 1.54) is 32.1 Å². The minimum atomic E-state index is 0.627. The molecule has 18 heavy (non-hydrogen) atoms. The first-order valence-electron chi connectivity index (χ1n) is 7.07. The Labute approximate surface area is 114 Å². The summed E-state index contributed by atoms with van der Waals surface area (Å²) >= 11 is 6.21. The van der Waals surface area contributed by atoms with Gasteiger partial charge in [-0.2, -0.15) is 0 Å². The molecule has 0 radical (unpaired) electrons. The highest BCUT2D eigenvalue weighted by Gasteiger charge is 2.37. The predicted octanol–water partition coefficient (Wildman–Crippen LogP) is 3.46. The lowest BCUT2D eigenvalue weighted by Gasteiger charge is -2.33. The Morgan fingerprint density at radius 3 is 2.94 bits per heavy atom. The van der Waals surface area contributed by atoms with Crippen LogP contribution in [0.15, 0.2) is 6.33 Å². The van der Waals surface area contributed by atoms with Crippen molar-refractivity contribution in [2.75, 3.05) is 11.4 Å². The summed E-state index contributed by atoms with van der Waals surface area (Å²) in [5, 5.41) is 0.627. The number of fused-ring (bicyclic) bond motifs is 1. The van der Waals surface area contributed by atoms with Gasteiger partial charge in [-0.25, -0.2) is 9.97 Å². The van der Waals surface area contributed by atoms with Gasteiger partial charge in [0.25, 0.3) is 0 Å².